The van der Waals surface area contributed by atoms with E-state index in [1.165, 1.54) is 82.7 Å². The first-order valence-electron chi connectivity index (χ1n) is 17.2. The lowest BCUT2D eigenvalue weighted by molar-refractivity contribution is 1.17. The van der Waals surface area contributed by atoms with Crippen LogP contribution in [0.4, 0.5) is 0 Å². The lowest BCUT2D eigenvalue weighted by Crippen LogP contribution is -1.95. The fraction of sp³-hybridized carbons (Fsp3) is 0. The molecule has 10 rings (SSSR count). The first-order valence-corrected chi connectivity index (χ1v) is 17.2. The van der Waals surface area contributed by atoms with Crippen LogP contribution >= 0.6 is 0 Å². The maximum atomic E-state index is 2.45. The molecule has 0 aliphatic heterocycles. The highest BCUT2D eigenvalue weighted by Gasteiger charge is 2.20. The molecular formula is C48H32N2. The van der Waals surface area contributed by atoms with E-state index < -0.39 is 0 Å². The van der Waals surface area contributed by atoms with Crippen molar-refractivity contribution in [3.63, 3.8) is 0 Å². The van der Waals surface area contributed by atoms with E-state index in [9.17, 15) is 0 Å². The predicted molar refractivity (Wildman–Crippen MR) is 211 cm³/mol. The molecule has 0 saturated carbocycles. The quantitative estimate of drug-likeness (QED) is 0.178. The van der Waals surface area contributed by atoms with Gasteiger partial charge in [-0.15, -0.1) is 0 Å². The van der Waals surface area contributed by atoms with E-state index in [0.29, 0.717) is 0 Å². The first kappa shape index (κ1) is 28.4. The van der Waals surface area contributed by atoms with Crippen molar-refractivity contribution in [3.05, 3.63) is 194 Å². The summed E-state index contributed by atoms with van der Waals surface area (Å²) in [7, 11) is 0. The summed E-state index contributed by atoms with van der Waals surface area (Å²) in [5, 5.41) is 5.09. The lowest BCUT2D eigenvalue weighted by Gasteiger charge is -2.14. The van der Waals surface area contributed by atoms with Crippen LogP contribution in [0.1, 0.15) is 0 Å². The minimum Gasteiger partial charge on any atom is -0.309 e. The Bertz CT molecular complexity index is 2780. The van der Waals surface area contributed by atoms with Gasteiger partial charge in [0.1, 0.15) is 0 Å². The Morgan fingerprint density at radius 1 is 0.240 bits per heavy atom. The van der Waals surface area contributed by atoms with Crippen LogP contribution in [0.15, 0.2) is 194 Å². The van der Waals surface area contributed by atoms with Gasteiger partial charge in [0.05, 0.1) is 22.1 Å². The smallest absolute Gasteiger partial charge is 0.0548 e. The third-order valence-corrected chi connectivity index (χ3v) is 10.1. The summed E-state index contributed by atoms with van der Waals surface area (Å²) in [5.41, 5.74) is 14.4. The molecule has 0 amide bonds. The summed E-state index contributed by atoms with van der Waals surface area (Å²) in [6, 6.07) is 70.4. The minimum absolute atomic E-state index is 1.14. The van der Waals surface area contributed by atoms with Crippen molar-refractivity contribution in [1.82, 2.24) is 9.13 Å². The Morgan fingerprint density at radius 3 is 1.18 bits per heavy atom. The zero-order valence-corrected chi connectivity index (χ0v) is 27.4. The second-order valence-electron chi connectivity index (χ2n) is 13.0. The third-order valence-electron chi connectivity index (χ3n) is 10.1. The van der Waals surface area contributed by atoms with Gasteiger partial charge in [-0.25, -0.2) is 0 Å². The summed E-state index contributed by atoms with van der Waals surface area (Å²) in [6.45, 7) is 0. The molecule has 234 valence electrons. The molecular weight excluding hydrogens is 605 g/mol. The largest absolute Gasteiger partial charge is 0.309 e. The molecule has 0 saturated heterocycles. The van der Waals surface area contributed by atoms with E-state index in [1.54, 1.807) is 0 Å². The topological polar surface area (TPSA) is 9.86 Å². The van der Waals surface area contributed by atoms with Gasteiger partial charge in [-0.2, -0.15) is 0 Å². The Balaban J connectivity index is 1.22. The molecule has 0 N–H and O–H groups in total. The monoisotopic (exact) mass is 636 g/mol. The van der Waals surface area contributed by atoms with Gasteiger partial charge in [0.2, 0.25) is 0 Å². The van der Waals surface area contributed by atoms with Crippen molar-refractivity contribution in [3.8, 4) is 44.8 Å². The summed E-state index contributed by atoms with van der Waals surface area (Å²) in [5.74, 6) is 0. The van der Waals surface area contributed by atoms with Crippen LogP contribution in [0, 0.1) is 0 Å². The van der Waals surface area contributed by atoms with Crippen LogP contribution in [0.2, 0.25) is 0 Å². The second-order valence-corrected chi connectivity index (χ2v) is 13.0. The second kappa shape index (κ2) is 11.5. The van der Waals surface area contributed by atoms with Crippen molar-refractivity contribution in [1.29, 1.82) is 0 Å². The SMILES string of the molecule is c1ccc(-c2cc(-c3ccccc3)cc(-c3cccc(-n4c5ccccc5c5c6c7ccccc7n(-c7ccccc7)c6ccc54)c3)c2)cc1. The Hall–Kier alpha value is -6.64. The summed E-state index contributed by atoms with van der Waals surface area (Å²) in [6.07, 6.45) is 0. The van der Waals surface area contributed by atoms with Crippen LogP contribution in [-0.2, 0) is 0 Å². The normalized spacial score (nSPS) is 11.6. The molecule has 0 aliphatic rings. The van der Waals surface area contributed by atoms with Gasteiger partial charge >= 0.3 is 0 Å². The average Bonchev–Trinajstić information content (AvgIpc) is 3.72. The van der Waals surface area contributed by atoms with Gasteiger partial charge in [-0.1, -0.05) is 127 Å². The molecule has 10 aromatic rings. The highest BCUT2D eigenvalue weighted by molar-refractivity contribution is 6.28. The first-order chi connectivity index (χ1) is 24.8. The molecule has 0 radical (unpaired) electrons. The fourth-order valence-corrected chi connectivity index (χ4v) is 7.87. The number of rotatable bonds is 5. The van der Waals surface area contributed by atoms with E-state index in [-0.39, 0.29) is 0 Å². The molecule has 2 heterocycles. The van der Waals surface area contributed by atoms with Gasteiger partial charge in [-0.05, 0) is 100 Å². The number of para-hydroxylation sites is 3. The van der Waals surface area contributed by atoms with Crippen LogP contribution < -0.4 is 0 Å². The van der Waals surface area contributed by atoms with Crippen LogP contribution in [0.3, 0.4) is 0 Å². The number of fused-ring (bicyclic) bond motifs is 7. The van der Waals surface area contributed by atoms with E-state index >= 15 is 0 Å². The number of aromatic nitrogens is 2. The highest BCUT2D eigenvalue weighted by Crippen LogP contribution is 2.43. The number of nitrogens with zero attached hydrogens (tertiary/aromatic N) is 2. The minimum atomic E-state index is 1.14. The van der Waals surface area contributed by atoms with E-state index in [4.69, 9.17) is 0 Å². The lowest BCUT2D eigenvalue weighted by atomic mass is 9.93. The van der Waals surface area contributed by atoms with Crippen molar-refractivity contribution >= 4 is 43.6 Å². The number of hydrogen-bond acceptors (Lipinski definition) is 0. The van der Waals surface area contributed by atoms with Crippen molar-refractivity contribution < 1.29 is 0 Å². The third kappa shape index (κ3) is 4.50. The van der Waals surface area contributed by atoms with Crippen molar-refractivity contribution in [2.45, 2.75) is 0 Å². The van der Waals surface area contributed by atoms with Gasteiger partial charge in [-0.3, -0.25) is 0 Å². The van der Waals surface area contributed by atoms with E-state index in [1.807, 2.05) is 0 Å². The summed E-state index contributed by atoms with van der Waals surface area (Å²) < 4.78 is 4.85. The van der Waals surface area contributed by atoms with Crippen molar-refractivity contribution in [2.24, 2.45) is 0 Å². The van der Waals surface area contributed by atoms with Crippen molar-refractivity contribution in [2.75, 3.05) is 0 Å². The molecule has 0 bridgehead atoms. The van der Waals surface area contributed by atoms with E-state index in [2.05, 4.69) is 203 Å². The molecule has 2 nitrogen and oxygen atoms in total. The molecule has 0 fully saturated rings. The van der Waals surface area contributed by atoms with Crippen LogP contribution in [0.25, 0.3) is 88.4 Å². The highest BCUT2D eigenvalue weighted by atomic mass is 15.0. The average molecular weight is 637 g/mol. The Morgan fingerprint density at radius 2 is 0.640 bits per heavy atom. The Kier molecular flexibility index (Phi) is 6.53. The number of hydrogen-bond donors (Lipinski definition) is 0. The Labute approximate surface area is 290 Å². The molecule has 0 spiro atoms. The fourth-order valence-electron chi connectivity index (χ4n) is 7.87. The molecule has 8 aromatic carbocycles. The standard InChI is InChI=1S/C48H32N2/c1-4-15-33(16-5-1)36-29-37(34-17-6-2-7-18-34)31-38(30-36)35-19-14-22-40(32-35)50-44-26-13-11-24-42(44)48-46(50)28-27-45-47(48)41-23-10-12-25-43(41)49(45)39-20-8-3-9-21-39/h1-32H. The number of benzene rings is 8. The summed E-state index contributed by atoms with van der Waals surface area (Å²) in [4.78, 5) is 0. The van der Waals surface area contributed by atoms with Crippen LogP contribution in [0.5, 0.6) is 0 Å². The van der Waals surface area contributed by atoms with E-state index in [0.717, 1.165) is 5.69 Å². The maximum absolute atomic E-state index is 2.45. The maximum Gasteiger partial charge on any atom is 0.0548 e. The van der Waals surface area contributed by atoms with Gasteiger partial charge in [0, 0.05) is 32.9 Å². The molecule has 0 atom stereocenters. The molecule has 0 unspecified atom stereocenters. The molecule has 0 aliphatic carbocycles. The predicted octanol–water partition coefficient (Wildman–Crippen LogP) is 12.9. The molecule has 50 heavy (non-hydrogen) atoms. The van der Waals surface area contributed by atoms with Gasteiger partial charge in [0.15, 0.2) is 0 Å². The zero-order chi connectivity index (χ0) is 33.0. The molecule has 2 heteroatoms. The zero-order valence-electron chi connectivity index (χ0n) is 27.4. The summed E-state index contributed by atoms with van der Waals surface area (Å²) >= 11 is 0. The van der Waals surface area contributed by atoms with Gasteiger partial charge < -0.3 is 9.13 Å². The van der Waals surface area contributed by atoms with Crippen LogP contribution in [-0.4, -0.2) is 9.13 Å². The molecule has 2 aromatic heterocycles. The van der Waals surface area contributed by atoms with Gasteiger partial charge in [0.25, 0.3) is 0 Å².